The molecule has 1 aliphatic heterocycles. The Morgan fingerprint density at radius 3 is 2.52 bits per heavy atom. The van der Waals surface area contributed by atoms with E-state index in [0.717, 1.165) is 64.6 Å². The number of hydrogen-bond donors (Lipinski definition) is 2. The molecule has 0 aromatic heterocycles. The third-order valence-electron chi connectivity index (χ3n) is 4.31. The number of nitrogens with zero attached hydrogens (tertiary/aromatic N) is 2. The normalized spacial score (nSPS) is 15.4. The molecule has 0 saturated carbocycles. The second kappa shape index (κ2) is 14.8. The van der Waals surface area contributed by atoms with Crippen LogP contribution in [0.25, 0.3) is 0 Å². The van der Waals surface area contributed by atoms with Gasteiger partial charge in [-0.1, -0.05) is 11.6 Å². The molecule has 148 valence electrons. The van der Waals surface area contributed by atoms with Crippen molar-refractivity contribution in [3.05, 3.63) is 11.6 Å². The molecular weight excluding hydrogens is 427 g/mol. The van der Waals surface area contributed by atoms with Crippen molar-refractivity contribution in [1.29, 1.82) is 0 Å². The fourth-order valence-electron chi connectivity index (χ4n) is 3.03. The summed E-state index contributed by atoms with van der Waals surface area (Å²) in [5.41, 5.74) is 1.49. The highest BCUT2D eigenvalue weighted by molar-refractivity contribution is 14.0. The summed E-state index contributed by atoms with van der Waals surface area (Å²) in [5, 5.41) is 6.78. The number of nitrogens with one attached hydrogen (secondary N) is 2. The van der Waals surface area contributed by atoms with Gasteiger partial charge in [0.05, 0.1) is 13.2 Å². The van der Waals surface area contributed by atoms with Crippen molar-refractivity contribution in [2.75, 3.05) is 39.4 Å². The van der Waals surface area contributed by atoms with Crippen molar-refractivity contribution in [3.8, 4) is 0 Å². The van der Waals surface area contributed by atoms with Crippen molar-refractivity contribution >= 4 is 29.9 Å². The molecule has 1 aliphatic rings. The van der Waals surface area contributed by atoms with Gasteiger partial charge in [-0.15, -0.1) is 24.0 Å². The van der Waals surface area contributed by atoms with Crippen LogP contribution in [0.1, 0.15) is 53.9 Å². The first-order chi connectivity index (χ1) is 11.5. The molecule has 0 saturated heterocycles. The Balaban J connectivity index is 0.00000576. The standard InChI is InChI=1S/C19H38N4O.HI/c1-6-20-19(22-12-8-18-9-14-24-15-10-18)21-11-7-13-23(16(2)3)17(4)5;/h9,16-17H,6-8,10-15H2,1-5H3,(H2,20,21,22);1H. The lowest BCUT2D eigenvalue weighted by Gasteiger charge is -2.30. The van der Waals surface area contributed by atoms with Crippen LogP contribution < -0.4 is 10.6 Å². The number of aliphatic imine (C=N–C) groups is 1. The molecule has 2 N–H and O–H groups in total. The van der Waals surface area contributed by atoms with E-state index in [4.69, 9.17) is 9.73 Å². The van der Waals surface area contributed by atoms with Gasteiger partial charge in [-0.05, 0) is 53.9 Å². The van der Waals surface area contributed by atoms with Crippen molar-refractivity contribution in [1.82, 2.24) is 15.5 Å². The molecule has 0 unspecified atom stereocenters. The summed E-state index contributed by atoms with van der Waals surface area (Å²) in [6.45, 7) is 16.6. The Labute approximate surface area is 172 Å². The third-order valence-corrected chi connectivity index (χ3v) is 4.31. The van der Waals surface area contributed by atoms with Gasteiger partial charge in [0.2, 0.25) is 0 Å². The molecule has 25 heavy (non-hydrogen) atoms. The van der Waals surface area contributed by atoms with Crippen LogP contribution in [-0.2, 0) is 4.74 Å². The summed E-state index contributed by atoms with van der Waals surface area (Å²) in [6.07, 6.45) is 5.44. The Kier molecular flexibility index (Phi) is 14.6. The Morgan fingerprint density at radius 2 is 1.96 bits per heavy atom. The van der Waals surface area contributed by atoms with Crippen molar-refractivity contribution in [2.45, 2.75) is 66.0 Å². The van der Waals surface area contributed by atoms with E-state index >= 15 is 0 Å². The lowest BCUT2D eigenvalue weighted by molar-refractivity contribution is 0.153. The Morgan fingerprint density at radius 1 is 1.24 bits per heavy atom. The number of halogens is 1. The first kappa shape index (κ1) is 24.7. The lowest BCUT2D eigenvalue weighted by Crippen LogP contribution is -2.39. The molecule has 0 bridgehead atoms. The average molecular weight is 466 g/mol. The third kappa shape index (κ3) is 11.1. The van der Waals surface area contributed by atoms with Gasteiger partial charge in [-0.3, -0.25) is 9.89 Å². The summed E-state index contributed by atoms with van der Waals surface area (Å²) >= 11 is 0. The highest BCUT2D eigenvalue weighted by Gasteiger charge is 2.12. The quantitative estimate of drug-likeness (QED) is 0.170. The molecular formula is C19H39IN4O. The maximum absolute atomic E-state index is 5.35. The zero-order chi connectivity index (χ0) is 17.8. The van der Waals surface area contributed by atoms with E-state index in [1.165, 1.54) is 5.57 Å². The van der Waals surface area contributed by atoms with Crippen LogP contribution in [0.5, 0.6) is 0 Å². The molecule has 0 spiro atoms. The molecule has 1 rings (SSSR count). The van der Waals surface area contributed by atoms with Gasteiger partial charge in [-0.25, -0.2) is 0 Å². The molecule has 6 heteroatoms. The number of hydrogen-bond acceptors (Lipinski definition) is 3. The van der Waals surface area contributed by atoms with Gasteiger partial charge >= 0.3 is 0 Å². The van der Waals surface area contributed by atoms with E-state index in [9.17, 15) is 0 Å². The fraction of sp³-hybridized carbons (Fsp3) is 0.842. The first-order valence-corrected chi connectivity index (χ1v) is 9.58. The van der Waals surface area contributed by atoms with E-state index in [1.54, 1.807) is 0 Å². The maximum atomic E-state index is 5.35. The number of ether oxygens (including phenoxy) is 1. The average Bonchev–Trinajstić information content (AvgIpc) is 2.54. The second-order valence-corrected chi connectivity index (χ2v) is 6.90. The van der Waals surface area contributed by atoms with E-state index < -0.39 is 0 Å². The monoisotopic (exact) mass is 466 g/mol. The largest absolute Gasteiger partial charge is 0.377 e. The molecule has 0 radical (unpaired) electrons. The van der Waals surface area contributed by atoms with Crippen LogP contribution in [0.3, 0.4) is 0 Å². The van der Waals surface area contributed by atoms with Crippen molar-refractivity contribution in [3.63, 3.8) is 0 Å². The molecule has 0 amide bonds. The first-order valence-electron chi connectivity index (χ1n) is 9.58. The van der Waals surface area contributed by atoms with Gasteiger partial charge in [0.1, 0.15) is 0 Å². The number of guanidine groups is 1. The van der Waals surface area contributed by atoms with Crippen LogP contribution in [-0.4, -0.2) is 62.3 Å². The smallest absolute Gasteiger partial charge is 0.191 e. The highest BCUT2D eigenvalue weighted by atomic mass is 127. The predicted molar refractivity (Wildman–Crippen MR) is 119 cm³/mol. The molecule has 0 aromatic carbocycles. The van der Waals surface area contributed by atoms with Gasteiger partial charge in [-0.2, -0.15) is 0 Å². The molecule has 0 atom stereocenters. The summed E-state index contributed by atoms with van der Waals surface area (Å²) in [5.74, 6) is 0.936. The Hall–Kier alpha value is -0.340. The minimum atomic E-state index is 0. The topological polar surface area (TPSA) is 48.9 Å². The molecule has 0 aromatic rings. The van der Waals surface area contributed by atoms with Crippen molar-refractivity contribution in [2.24, 2.45) is 4.99 Å². The summed E-state index contributed by atoms with van der Waals surface area (Å²) in [7, 11) is 0. The van der Waals surface area contributed by atoms with Crippen LogP contribution in [0.4, 0.5) is 0 Å². The van der Waals surface area contributed by atoms with E-state index in [1.807, 2.05) is 0 Å². The maximum Gasteiger partial charge on any atom is 0.191 e. The van der Waals surface area contributed by atoms with Gasteiger partial charge < -0.3 is 15.4 Å². The summed E-state index contributed by atoms with van der Waals surface area (Å²) in [4.78, 5) is 7.23. The lowest BCUT2D eigenvalue weighted by atomic mass is 10.1. The van der Waals surface area contributed by atoms with Crippen LogP contribution in [0, 0.1) is 0 Å². The fourth-order valence-corrected chi connectivity index (χ4v) is 3.03. The van der Waals surface area contributed by atoms with E-state index in [-0.39, 0.29) is 24.0 Å². The predicted octanol–water partition coefficient (Wildman–Crippen LogP) is 3.41. The van der Waals surface area contributed by atoms with Crippen LogP contribution in [0.2, 0.25) is 0 Å². The van der Waals surface area contributed by atoms with Gasteiger partial charge in [0.15, 0.2) is 5.96 Å². The molecule has 1 heterocycles. The SMILES string of the molecule is CCNC(=NCCCN(C(C)C)C(C)C)NCCC1=CCOCC1.I. The van der Waals surface area contributed by atoms with Crippen LogP contribution >= 0.6 is 24.0 Å². The second-order valence-electron chi connectivity index (χ2n) is 6.90. The van der Waals surface area contributed by atoms with Crippen molar-refractivity contribution < 1.29 is 4.74 Å². The minimum Gasteiger partial charge on any atom is -0.377 e. The molecule has 0 fully saturated rings. The summed E-state index contributed by atoms with van der Waals surface area (Å²) in [6, 6.07) is 1.18. The molecule has 5 nitrogen and oxygen atoms in total. The minimum absolute atomic E-state index is 0. The summed E-state index contributed by atoms with van der Waals surface area (Å²) < 4.78 is 5.35. The van der Waals surface area contributed by atoms with E-state index in [2.05, 4.69) is 56.2 Å². The zero-order valence-corrected chi connectivity index (χ0v) is 19.1. The van der Waals surface area contributed by atoms with Crippen LogP contribution in [0.15, 0.2) is 16.6 Å². The number of rotatable bonds is 10. The van der Waals surface area contributed by atoms with Gasteiger partial charge in [0.25, 0.3) is 0 Å². The van der Waals surface area contributed by atoms with E-state index in [0.29, 0.717) is 12.1 Å². The zero-order valence-electron chi connectivity index (χ0n) is 16.8. The Bertz CT molecular complexity index is 389. The molecule has 0 aliphatic carbocycles. The highest BCUT2D eigenvalue weighted by Crippen LogP contribution is 2.10. The van der Waals surface area contributed by atoms with Gasteiger partial charge in [0, 0.05) is 38.3 Å².